The molecule has 0 amide bonds. The van der Waals surface area contributed by atoms with Crippen LogP contribution in [0.3, 0.4) is 0 Å². The lowest BCUT2D eigenvalue weighted by atomic mass is 9.95. The number of nitrogens with zero attached hydrogens (tertiary/aromatic N) is 1. The summed E-state index contributed by atoms with van der Waals surface area (Å²) in [6.07, 6.45) is 2.20. The summed E-state index contributed by atoms with van der Waals surface area (Å²) in [6.45, 7) is 3.06. The fourth-order valence-electron chi connectivity index (χ4n) is 2.30. The molecule has 2 atom stereocenters. The molecule has 18 heavy (non-hydrogen) atoms. The van der Waals surface area contributed by atoms with Crippen molar-refractivity contribution in [1.82, 2.24) is 10.3 Å². The fourth-order valence-corrected chi connectivity index (χ4v) is 2.30. The lowest BCUT2D eigenvalue weighted by molar-refractivity contribution is 0.342. The highest BCUT2D eigenvalue weighted by molar-refractivity contribution is 5.85. The van der Waals surface area contributed by atoms with Gasteiger partial charge in [0, 0.05) is 24.6 Å². The first-order valence-electron chi connectivity index (χ1n) is 6.02. The molecule has 1 N–H and O–H groups in total. The molecule has 1 saturated heterocycles. The van der Waals surface area contributed by atoms with E-state index in [-0.39, 0.29) is 18.2 Å². The van der Waals surface area contributed by atoms with Gasteiger partial charge >= 0.3 is 0 Å². The molecule has 2 heterocycles. The third-order valence-electron chi connectivity index (χ3n) is 3.38. The van der Waals surface area contributed by atoms with E-state index in [2.05, 4.69) is 17.2 Å². The Morgan fingerprint density at radius 2 is 2.22 bits per heavy atom. The van der Waals surface area contributed by atoms with Gasteiger partial charge in [-0.05, 0) is 31.9 Å². The minimum Gasteiger partial charge on any atom is -0.440 e. The maximum Gasteiger partial charge on any atom is 0.199 e. The van der Waals surface area contributed by atoms with Gasteiger partial charge in [0.05, 0.1) is 0 Å². The summed E-state index contributed by atoms with van der Waals surface area (Å²) in [5, 5.41) is 3.41. The van der Waals surface area contributed by atoms with E-state index < -0.39 is 0 Å². The van der Waals surface area contributed by atoms with Gasteiger partial charge in [-0.15, -0.1) is 12.4 Å². The third kappa shape index (κ3) is 2.49. The minimum atomic E-state index is -0.282. The van der Waals surface area contributed by atoms with Gasteiger partial charge in [0.1, 0.15) is 11.3 Å². The second kappa shape index (κ2) is 5.24. The molecule has 3 rings (SSSR count). The summed E-state index contributed by atoms with van der Waals surface area (Å²) in [5.74, 6) is 0.752. The predicted molar refractivity (Wildman–Crippen MR) is 70.7 cm³/mol. The van der Waals surface area contributed by atoms with Gasteiger partial charge in [-0.2, -0.15) is 0 Å². The number of oxazole rings is 1. The van der Waals surface area contributed by atoms with E-state index in [1.807, 2.05) is 0 Å². The molecule has 2 aromatic rings. The molecule has 2 unspecified atom stereocenters. The zero-order valence-electron chi connectivity index (χ0n) is 10.1. The van der Waals surface area contributed by atoms with Gasteiger partial charge < -0.3 is 9.73 Å². The summed E-state index contributed by atoms with van der Waals surface area (Å²) in [4.78, 5) is 4.43. The molecule has 98 valence electrons. The van der Waals surface area contributed by atoms with Gasteiger partial charge in [-0.1, -0.05) is 0 Å². The van der Waals surface area contributed by atoms with Crippen LogP contribution in [0, 0.1) is 5.82 Å². The summed E-state index contributed by atoms with van der Waals surface area (Å²) in [7, 11) is 0. The maximum atomic E-state index is 13.0. The highest BCUT2D eigenvalue weighted by atomic mass is 35.5. The number of piperidine rings is 1. The quantitative estimate of drug-likeness (QED) is 0.864. The van der Waals surface area contributed by atoms with Crippen LogP contribution in [0.4, 0.5) is 4.39 Å². The van der Waals surface area contributed by atoms with Crippen LogP contribution >= 0.6 is 12.4 Å². The molecular formula is C13H16ClFN2O. The molecule has 0 radical (unpaired) electrons. The Kier molecular flexibility index (Phi) is 3.88. The Morgan fingerprint density at radius 1 is 1.39 bits per heavy atom. The molecule has 0 bridgehead atoms. The highest BCUT2D eigenvalue weighted by Crippen LogP contribution is 2.27. The van der Waals surface area contributed by atoms with E-state index in [1.54, 1.807) is 6.07 Å². The number of hydrogen-bond donors (Lipinski definition) is 1. The number of hydrogen-bond acceptors (Lipinski definition) is 3. The molecule has 0 saturated carbocycles. The minimum absolute atomic E-state index is 0. The first-order chi connectivity index (χ1) is 8.22. The number of fused-ring (bicyclic) bond motifs is 1. The molecule has 1 fully saturated rings. The van der Waals surface area contributed by atoms with Crippen LogP contribution in [-0.2, 0) is 0 Å². The molecule has 1 aromatic carbocycles. The summed E-state index contributed by atoms with van der Waals surface area (Å²) in [5.41, 5.74) is 1.28. The Hall–Kier alpha value is -1.13. The molecule has 1 aromatic heterocycles. The summed E-state index contributed by atoms with van der Waals surface area (Å²) in [6, 6.07) is 5.03. The Bertz CT molecular complexity index is 535. The zero-order valence-corrected chi connectivity index (χ0v) is 11.0. The van der Waals surface area contributed by atoms with Crippen LogP contribution in [0.1, 0.15) is 31.6 Å². The standard InChI is InChI=1S/C13H15FN2O.ClH/c1-8-2-3-9(7-15-8)13-16-11-5-4-10(14)6-12(11)17-13;/h4-6,8-9,15H,2-3,7H2,1H3;1H. The van der Waals surface area contributed by atoms with E-state index in [1.165, 1.54) is 12.1 Å². The SMILES string of the molecule is CC1CCC(c2nc3ccc(F)cc3o2)CN1.Cl. The van der Waals surface area contributed by atoms with E-state index in [4.69, 9.17) is 4.42 Å². The topological polar surface area (TPSA) is 38.1 Å². The number of halogens is 2. The van der Waals surface area contributed by atoms with Crippen molar-refractivity contribution < 1.29 is 8.81 Å². The molecule has 0 aliphatic carbocycles. The molecule has 0 spiro atoms. The van der Waals surface area contributed by atoms with Crippen molar-refractivity contribution in [2.75, 3.05) is 6.54 Å². The Balaban J connectivity index is 0.00000120. The predicted octanol–water partition coefficient (Wildman–Crippen LogP) is 3.24. The van der Waals surface area contributed by atoms with Gasteiger partial charge in [0.25, 0.3) is 0 Å². The fraction of sp³-hybridized carbons (Fsp3) is 0.462. The maximum absolute atomic E-state index is 13.0. The highest BCUT2D eigenvalue weighted by Gasteiger charge is 2.23. The number of aromatic nitrogens is 1. The molecule has 1 aliphatic heterocycles. The van der Waals surface area contributed by atoms with Crippen LogP contribution in [-0.4, -0.2) is 17.6 Å². The summed E-state index contributed by atoms with van der Waals surface area (Å²) >= 11 is 0. The molecule has 5 heteroatoms. The van der Waals surface area contributed by atoms with Crippen molar-refractivity contribution in [2.24, 2.45) is 0 Å². The van der Waals surface area contributed by atoms with Crippen LogP contribution in [0.25, 0.3) is 11.1 Å². The first-order valence-corrected chi connectivity index (χ1v) is 6.02. The van der Waals surface area contributed by atoms with Gasteiger partial charge in [0.2, 0.25) is 0 Å². The van der Waals surface area contributed by atoms with Gasteiger partial charge in [-0.25, -0.2) is 9.37 Å². The second-order valence-corrected chi connectivity index (χ2v) is 4.75. The largest absolute Gasteiger partial charge is 0.440 e. The van der Waals surface area contributed by atoms with E-state index >= 15 is 0 Å². The number of nitrogens with one attached hydrogen (secondary N) is 1. The lowest BCUT2D eigenvalue weighted by Crippen LogP contribution is -2.35. The molecule has 1 aliphatic rings. The zero-order chi connectivity index (χ0) is 11.8. The second-order valence-electron chi connectivity index (χ2n) is 4.75. The van der Waals surface area contributed by atoms with Crippen LogP contribution in [0.5, 0.6) is 0 Å². The Labute approximate surface area is 111 Å². The smallest absolute Gasteiger partial charge is 0.199 e. The average Bonchev–Trinajstić information content (AvgIpc) is 2.72. The van der Waals surface area contributed by atoms with Crippen LogP contribution < -0.4 is 5.32 Å². The van der Waals surface area contributed by atoms with Crippen LogP contribution in [0.2, 0.25) is 0 Å². The van der Waals surface area contributed by atoms with Crippen molar-refractivity contribution in [3.8, 4) is 0 Å². The van der Waals surface area contributed by atoms with Crippen molar-refractivity contribution in [3.63, 3.8) is 0 Å². The Morgan fingerprint density at radius 3 is 2.94 bits per heavy atom. The van der Waals surface area contributed by atoms with E-state index in [0.717, 1.165) is 30.8 Å². The van der Waals surface area contributed by atoms with Crippen LogP contribution in [0.15, 0.2) is 22.6 Å². The van der Waals surface area contributed by atoms with E-state index in [9.17, 15) is 4.39 Å². The first kappa shape index (κ1) is 13.3. The van der Waals surface area contributed by atoms with Crippen molar-refractivity contribution in [3.05, 3.63) is 29.9 Å². The normalized spacial score (nSPS) is 23.9. The van der Waals surface area contributed by atoms with E-state index in [0.29, 0.717) is 17.5 Å². The molecular weight excluding hydrogens is 255 g/mol. The van der Waals surface area contributed by atoms with Crippen molar-refractivity contribution in [2.45, 2.75) is 31.7 Å². The lowest BCUT2D eigenvalue weighted by Gasteiger charge is -2.25. The summed E-state index contributed by atoms with van der Waals surface area (Å²) < 4.78 is 18.7. The third-order valence-corrected chi connectivity index (χ3v) is 3.38. The van der Waals surface area contributed by atoms with Gasteiger partial charge in [-0.3, -0.25) is 0 Å². The number of rotatable bonds is 1. The monoisotopic (exact) mass is 270 g/mol. The van der Waals surface area contributed by atoms with Crippen molar-refractivity contribution >= 4 is 23.5 Å². The average molecular weight is 271 g/mol. The molecule has 3 nitrogen and oxygen atoms in total. The number of benzene rings is 1. The van der Waals surface area contributed by atoms with Crippen molar-refractivity contribution in [1.29, 1.82) is 0 Å². The van der Waals surface area contributed by atoms with Gasteiger partial charge in [0.15, 0.2) is 11.5 Å².